The summed E-state index contributed by atoms with van der Waals surface area (Å²) in [6, 6.07) is 2.25. The molecule has 1 saturated heterocycles. The summed E-state index contributed by atoms with van der Waals surface area (Å²) in [4.78, 5) is 18.4. The van der Waals surface area contributed by atoms with Gasteiger partial charge in [-0.25, -0.2) is 4.99 Å². The van der Waals surface area contributed by atoms with Crippen LogP contribution in [0, 0.1) is 0 Å². The molecule has 7 nitrogen and oxygen atoms in total. The zero-order valence-corrected chi connectivity index (χ0v) is 16.5. The summed E-state index contributed by atoms with van der Waals surface area (Å²) in [7, 11) is 0. The Morgan fingerprint density at radius 2 is 2.15 bits per heavy atom. The molecule has 0 saturated carbocycles. The summed E-state index contributed by atoms with van der Waals surface area (Å²) in [5.41, 5.74) is 1.02. The summed E-state index contributed by atoms with van der Waals surface area (Å²) in [6.45, 7) is 11.1. The Morgan fingerprint density at radius 3 is 2.81 bits per heavy atom. The average Bonchev–Trinajstić information content (AvgIpc) is 3.30. The molecule has 0 aliphatic carbocycles. The summed E-state index contributed by atoms with van der Waals surface area (Å²) in [6.07, 6.45) is 3.62. The van der Waals surface area contributed by atoms with Gasteiger partial charge in [0.05, 0.1) is 5.69 Å². The number of carbonyl (C=O) groups is 1. The summed E-state index contributed by atoms with van der Waals surface area (Å²) in [5.74, 6) is 2.19. The van der Waals surface area contributed by atoms with E-state index in [-0.39, 0.29) is 11.9 Å². The first-order valence-electron chi connectivity index (χ1n) is 9.89. The molecular formula is C19H33N5O2. The molecule has 1 aliphatic rings. The first-order valence-corrected chi connectivity index (χ1v) is 9.89. The molecule has 0 aromatic carbocycles. The van der Waals surface area contributed by atoms with E-state index in [0.29, 0.717) is 18.9 Å². The van der Waals surface area contributed by atoms with Gasteiger partial charge in [-0.15, -0.1) is 0 Å². The molecule has 26 heavy (non-hydrogen) atoms. The van der Waals surface area contributed by atoms with E-state index < -0.39 is 0 Å². The summed E-state index contributed by atoms with van der Waals surface area (Å²) < 4.78 is 5.45. The van der Waals surface area contributed by atoms with Crippen LogP contribution in [-0.2, 0) is 11.3 Å². The quantitative estimate of drug-likeness (QED) is 0.548. The third-order valence-corrected chi connectivity index (χ3v) is 4.90. The van der Waals surface area contributed by atoms with Crippen LogP contribution in [0.1, 0.15) is 70.8 Å². The minimum atomic E-state index is 0.215. The normalized spacial score (nSPS) is 17.8. The smallest absolute Gasteiger partial charge is 0.222 e. The van der Waals surface area contributed by atoms with Crippen LogP contribution in [0.25, 0.3) is 0 Å². The van der Waals surface area contributed by atoms with E-state index >= 15 is 0 Å². The molecule has 1 atom stereocenters. The lowest BCUT2D eigenvalue weighted by Crippen LogP contribution is -2.45. The molecule has 1 unspecified atom stereocenters. The number of amides is 1. The van der Waals surface area contributed by atoms with Crippen molar-refractivity contribution in [3.05, 3.63) is 17.5 Å². The van der Waals surface area contributed by atoms with Crippen molar-refractivity contribution in [3.63, 3.8) is 0 Å². The van der Waals surface area contributed by atoms with E-state index in [9.17, 15) is 4.79 Å². The highest BCUT2D eigenvalue weighted by Crippen LogP contribution is 2.22. The maximum atomic E-state index is 11.8. The molecular weight excluding hydrogens is 330 g/mol. The molecule has 1 aliphatic heterocycles. The van der Waals surface area contributed by atoms with Crippen molar-refractivity contribution < 1.29 is 9.32 Å². The largest absolute Gasteiger partial charge is 0.359 e. The molecule has 0 spiro atoms. The molecule has 0 bridgehead atoms. The number of nitrogens with one attached hydrogen (secondary N) is 2. The molecule has 2 rings (SSSR count). The van der Waals surface area contributed by atoms with Crippen molar-refractivity contribution in [2.75, 3.05) is 19.6 Å². The number of likely N-dealkylation sites (tertiary alicyclic amines) is 1. The second-order valence-electron chi connectivity index (χ2n) is 6.75. The zero-order chi connectivity index (χ0) is 18.9. The highest BCUT2D eigenvalue weighted by Gasteiger charge is 2.25. The Bertz CT molecular complexity index is 595. The second-order valence-corrected chi connectivity index (χ2v) is 6.75. The highest BCUT2D eigenvalue weighted by atomic mass is 16.5. The summed E-state index contributed by atoms with van der Waals surface area (Å²) >= 11 is 0. The van der Waals surface area contributed by atoms with Crippen LogP contribution in [0.5, 0.6) is 0 Å². The van der Waals surface area contributed by atoms with Gasteiger partial charge in [-0.2, -0.15) is 0 Å². The van der Waals surface area contributed by atoms with Gasteiger partial charge in [0, 0.05) is 44.1 Å². The van der Waals surface area contributed by atoms with Gasteiger partial charge in [-0.3, -0.25) is 4.79 Å². The Hall–Kier alpha value is -2.05. The van der Waals surface area contributed by atoms with Crippen LogP contribution in [0.4, 0.5) is 0 Å². The van der Waals surface area contributed by atoms with Gasteiger partial charge in [0.2, 0.25) is 5.91 Å². The first-order chi connectivity index (χ1) is 12.6. The number of nitrogens with zero attached hydrogens (tertiary/aromatic N) is 3. The standard InChI is InChI=1S/C19H33N5O2/c1-5-14(6-2)17-11-16(26-23-17)12-21-19(20-8-4)22-15-9-10-24(13-15)18(25)7-3/h11,14-15H,5-10,12-13H2,1-4H3,(H2,20,21,22). The Morgan fingerprint density at radius 1 is 1.38 bits per heavy atom. The molecule has 2 heterocycles. The number of aliphatic imine (C=N–C) groups is 1. The molecule has 1 aromatic heterocycles. The average molecular weight is 364 g/mol. The van der Waals surface area contributed by atoms with E-state index in [1.165, 1.54) is 0 Å². The maximum absolute atomic E-state index is 11.8. The minimum Gasteiger partial charge on any atom is -0.359 e. The lowest BCUT2D eigenvalue weighted by atomic mass is 9.99. The number of carbonyl (C=O) groups excluding carboxylic acids is 1. The molecule has 1 aromatic rings. The van der Waals surface area contributed by atoms with Gasteiger partial charge < -0.3 is 20.1 Å². The fourth-order valence-corrected chi connectivity index (χ4v) is 3.30. The molecule has 146 valence electrons. The van der Waals surface area contributed by atoms with Crippen LogP contribution >= 0.6 is 0 Å². The zero-order valence-electron chi connectivity index (χ0n) is 16.5. The van der Waals surface area contributed by atoms with Crippen molar-refractivity contribution in [3.8, 4) is 0 Å². The van der Waals surface area contributed by atoms with E-state index in [4.69, 9.17) is 4.52 Å². The molecule has 0 radical (unpaired) electrons. The number of rotatable bonds is 8. The van der Waals surface area contributed by atoms with E-state index in [0.717, 1.165) is 56.3 Å². The van der Waals surface area contributed by atoms with Crippen LogP contribution < -0.4 is 10.6 Å². The number of guanidine groups is 1. The highest BCUT2D eigenvalue weighted by molar-refractivity contribution is 5.80. The van der Waals surface area contributed by atoms with Gasteiger partial charge in [-0.1, -0.05) is 25.9 Å². The third kappa shape index (κ3) is 5.47. The summed E-state index contributed by atoms with van der Waals surface area (Å²) in [5, 5.41) is 10.9. The van der Waals surface area contributed by atoms with Gasteiger partial charge in [0.1, 0.15) is 6.54 Å². The van der Waals surface area contributed by atoms with Gasteiger partial charge in [0.15, 0.2) is 11.7 Å². The number of hydrogen-bond acceptors (Lipinski definition) is 4. The fraction of sp³-hybridized carbons (Fsp3) is 0.737. The number of aromatic nitrogens is 1. The van der Waals surface area contributed by atoms with E-state index in [1.807, 2.05) is 24.8 Å². The lowest BCUT2D eigenvalue weighted by Gasteiger charge is -2.18. The molecule has 2 N–H and O–H groups in total. The predicted molar refractivity (Wildman–Crippen MR) is 103 cm³/mol. The second kappa shape index (κ2) is 10.2. The van der Waals surface area contributed by atoms with Crippen LogP contribution in [-0.4, -0.2) is 47.6 Å². The van der Waals surface area contributed by atoms with Crippen molar-refractivity contribution >= 4 is 11.9 Å². The van der Waals surface area contributed by atoms with E-state index in [2.05, 4.69) is 34.6 Å². The Labute approximate surface area is 156 Å². The van der Waals surface area contributed by atoms with E-state index in [1.54, 1.807) is 0 Å². The topological polar surface area (TPSA) is 82.8 Å². The molecule has 7 heteroatoms. The van der Waals surface area contributed by atoms with Crippen molar-refractivity contribution in [1.82, 2.24) is 20.7 Å². The lowest BCUT2D eigenvalue weighted by molar-refractivity contribution is -0.129. The molecule has 1 fully saturated rings. The third-order valence-electron chi connectivity index (χ3n) is 4.90. The van der Waals surface area contributed by atoms with Crippen LogP contribution in [0.15, 0.2) is 15.6 Å². The monoisotopic (exact) mass is 363 g/mol. The van der Waals surface area contributed by atoms with Gasteiger partial charge in [-0.05, 0) is 26.2 Å². The Balaban J connectivity index is 1.93. The Kier molecular flexibility index (Phi) is 7.94. The van der Waals surface area contributed by atoms with Crippen LogP contribution in [0.2, 0.25) is 0 Å². The van der Waals surface area contributed by atoms with Crippen LogP contribution in [0.3, 0.4) is 0 Å². The van der Waals surface area contributed by atoms with Crippen molar-refractivity contribution in [2.24, 2.45) is 4.99 Å². The first kappa shape index (κ1) is 20.3. The maximum Gasteiger partial charge on any atom is 0.222 e. The van der Waals surface area contributed by atoms with Gasteiger partial charge >= 0.3 is 0 Å². The predicted octanol–water partition coefficient (Wildman–Crippen LogP) is 2.64. The number of hydrogen-bond donors (Lipinski definition) is 2. The molecule has 1 amide bonds. The minimum absolute atomic E-state index is 0.215. The fourth-order valence-electron chi connectivity index (χ4n) is 3.30. The van der Waals surface area contributed by atoms with Crippen molar-refractivity contribution in [2.45, 2.75) is 71.9 Å². The van der Waals surface area contributed by atoms with Gasteiger partial charge in [0.25, 0.3) is 0 Å². The SMILES string of the molecule is CCNC(=NCc1cc(C(CC)CC)no1)NC1CCN(C(=O)CC)C1. The van der Waals surface area contributed by atoms with Crippen molar-refractivity contribution in [1.29, 1.82) is 0 Å².